The van der Waals surface area contributed by atoms with Crippen molar-refractivity contribution >= 4 is 0 Å². The lowest BCUT2D eigenvalue weighted by Gasteiger charge is -2.24. The molecule has 0 aliphatic carbocycles. The van der Waals surface area contributed by atoms with Gasteiger partial charge in [-0.3, -0.25) is 14.9 Å². The van der Waals surface area contributed by atoms with E-state index in [1.165, 1.54) is 24.0 Å². The van der Waals surface area contributed by atoms with E-state index in [1.54, 1.807) is 0 Å². The quantitative estimate of drug-likeness (QED) is 0.841. The third kappa shape index (κ3) is 2.82. The predicted octanol–water partition coefficient (Wildman–Crippen LogP) is 3.12. The first-order valence-corrected chi connectivity index (χ1v) is 6.88. The molecule has 1 unspecified atom stereocenters. The Bertz CT molecular complexity index is 521. The van der Waals surface area contributed by atoms with Crippen molar-refractivity contribution in [3.8, 4) is 0 Å². The number of aromatic nitrogens is 2. The van der Waals surface area contributed by atoms with E-state index >= 15 is 0 Å². The van der Waals surface area contributed by atoms with Gasteiger partial charge in [0.25, 0.3) is 0 Å². The van der Waals surface area contributed by atoms with Crippen LogP contribution in [0.25, 0.3) is 0 Å². The molecule has 3 nitrogen and oxygen atoms in total. The first-order valence-electron chi connectivity index (χ1n) is 6.88. The molecule has 3 heteroatoms. The van der Waals surface area contributed by atoms with Crippen molar-refractivity contribution < 1.29 is 0 Å². The summed E-state index contributed by atoms with van der Waals surface area (Å²) in [6.45, 7) is 4.15. The van der Waals surface area contributed by atoms with E-state index in [4.69, 9.17) is 0 Å². The molecule has 19 heavy (non-hydrogen) atoms. The number of hydrogen-bond acceptors (Lipinski definition) is 3. The van der Waals surface area contributed by atoms with Crippen molar-refractivity contribution in [3.63, 3.8) is 0 Å². The van der Waals surface area contributed by atoms with Gasteiger partial charge in [0.05, 0.1) is 5.69 Å². The first-order chi connectivity index (χ1) is 9.33. The van der Waals surface area contributed by atoms with Gasteiger partial charge < -0.3 is 0 Å². The molecule has 0 saturated carbocycles. The Morgan fingerprint density at radius 1 is 1.26 bits per heavy atom. The monoisotopic (exact) mass is 253 g/mol. The van der Waals surface area contributed by atoms with Crippen LogP contribution in [0.5, 0.6) is 0 Å². The Hall–Kier alpha value is -1.74. The molecule has 98 valence electrons. The summed E-state index contributed by atoms with van der Waals surface area (Å²) in [7, 11) is 0. The number of likely N-dealkylation sites (tertiary alicyclic amines) is 1. The zero-order chi connectivity index (χ0) is 13.1. The molecule has 3 rings (SSSR count). The summed E-state index contributed by atoms with van der Waals surface area (Å²) in [6.07, 6.45) is 8.25. The van der Waals surface area contributed by atoms with Crippen LogP contribution in [0, 0.1) is 6.92 Å². The number of aryl methyl sites for hydroxylation is 1. The highest BCUT2D eigenvalue weighted by atomic mass is 15.2. The minimum atomic E-state index is 0.497. The third-order valence-corrected chi connectivity index (χ3v) is 3.77. The maximum Gasteiger partial charge on any atom is 0.0544 e. The average Bonchev–Trinajstić information content (AvgIpc) is 2.90. The molecule has 1 atom stereocenters. The highest BCUT2D eigenvalue weighted by Gasteiger charge is 2.26. The summed E-state index contributed by atoms with van der Waals surface area (Å²) in [5.41, 5.74) is 3.70. The van der Waals surface area contributed by atoms with Crippen molar-refractivity contribution in [2.45, 2.75) is 32.4 Å². The second-order valence-corrected chi connectivity index (χ2v) is 5.24. The molecule has 0 radical (unpaired) electrons. The van der Waals surface area contributed by atoms with E-state index in [-0.39, 0.29) is 0 Å². The Balaban J connectivity index is 1.75. The van der Waals surface area contributed by atoms with E-state index in [9.17, 15) is 0 Å². The van der Waals surface area contributed by atoms with E-state index < -0.39 is 0 Å². The van der Waals surface area contributed by atoms with Gasteiger partial charge in [0.15, 0.2) is 0 Å². The average molecular weight is 253 g/mol. The second-order valence-electron chi connectivity index (χ2n) is 5.24. The maximum absolute atomic E-state index is 4.51. The SMILES string of the molecule is Cc1ccc(CN2CCCC2c2cccnc2)nc1. The van der Waals surface area contributed by atoms with Crippen LogP contribution in [-0.4, -0.2) is 21.4 Å². The normalized spacial score (nSPS) is 19.7. The lowest BCUT2D eigenvalue weighted by molar-refractivity contribution is 0.245. The summed E-state index contributed by atoms with van der Waals surface area (Å²) in [4.78, 5) is 11.3. The first kappa shape index (κ1) is 12.3. The van der Waals surface area contributed by atoms with E-state index in [2.05, 4.69) is 40.0 Å². The molecular formula is C16H19N3. The van der Waals surface area contributed by atoms with Crippen LogP contribution < -0.4 is 0 Å². The highest BCUT2D eigenvalue weighted by molar-refractivity contribution is 5.17. The zero-order valence-electron chi connectivity index (χ0n) is 11.3. The summed E-state index contributed by atoms with van der Waals surface area (Å²) in [6, 6.07) is 8.97. The summed E-state index contributed by atoms with van der Waals surface area (Å²) in [5.74, 6) is 0. The smallest absolute Gasteiger partial charge is 0.0544 e. The summed E-state index contributed by atoms with van der Waals surface area (Å²) >= 11 is 0. The number of hydrogen-bond donors (Lipinski definition) is 0. The maximum atomic E-state index is 4.51. The van der Waals surface area contributed by atoms with E-state index in [1.807, 2.05) is 24.7 Å². The standard InChI is InChI=1S/C16H19N3/c1-13-6-7-15(18-10-13)12-19-9-3-5-16(19)14-4-2-8-17-11-14/h2,4,6-8,10-11,16H,3,5,9,12H2,1H3. The third-order valence-electron chi connectivity index (χ3n) is 3.77. The van der Waals surface area contributed by atoms with Gasteiger partial charge >= 0.3 is 0 Å². The molecule has 3 heterocycles. The Kier molecular flexibility index (Phi) is 3.56. The van der Waals surface area contributed by atoms with Gasteiger partial charge in [-0.15, -0.1) is 0 Å². The fourth-order valence-electron chi connectivity index (χ4n) is 2.77. The van der Waals surface area contributed by atoms with Crippen LogP contribution in [0.1, 0.15) is 35.7 Å². The predicted molar refractivity (Wildman–Crippen MR) is 75.6 cm³/mol. The van der Waals surface area contributed by atoms with Gasteiger partial charge in [0.1, 0.15) is 0 Å². The lowest BCUT2D eigenvalue weighted by atomic mass is 10.1. The largest absolute Gasteiger partial charge is 0.290 e. The number of rotatable bonds is 3. The molecular weight excluding hydrogens is 234 g/mol. The van der Waals surface area contributed by atoms with Gasteiger partial charge in [-0.1, -0.05) is 12.1 Å². The van der Waals surface area contributed by atoms with Crippen LogP contribution >= 0.6 is 0 Å². The van der Waals surface area contributed by atoms with Crippen molar-refractivity contribution in [1.29, 1.82) is 0 Å². The van der Waals surface area contributed by atoms with Crippen LogP contribution in [0.15, 0.2) is 42.9 Å². The molecule has 0 aromatic carbocycles. The van der Waals surface area contributed by atoms with Crippen molar-refractivity contribution in [1.82, 2.24) is 14.9 Å². The second kappa shape index (κ2) is 5.49. The lowest BCUT2D eigenvalue weighted by Crippen LogP contribution is -2.23. The van der Waals surface area contributed by atoms with Gasteiger partial charge in [0.2, 0.25) is 0 Å². The van der Waals surface area contributed by atoms with E-state index in [0.717, 1.165) is 18.8 Å². The topological polar surface area (TPSA) is 29.0 Å². The molecule has 2 aromatic rings. The summed E-state index contributed by atoms with van der Waals surface area (Å²) in [5, 5.41) is 0. The molecule has 1 saturated heterocycles. The molecule has 1 fully saturated rings. The van der Waals surface area contributed by atoms with Crippen molar-refractivity contribution in [2.75, 3.05) is 6.54 Å². The zero-order valence-corrected chi connectivity index (χ0v) is 11.3. The Morgan fingerprint density at radius 2 is 2.21 bits per heavy atom. The van der Waals surface area contributed by atoms with Crippen molar-refractivity contribution in [3.05, 3.63) is 59.7 Å². The van der Waals surface area contributed by atoms with Gasteiger partial charge in [-0.25, -0.2) is 0 Å². The Labute approximate surface area is 114 Å². The fourth-order valence-corrected chi connectivity index (χ4v) is 2.77. The molecule has 1 aliphatic rings. The minimum Gasteiger partial charge on any atom is -0.290 e. The van der Waals surface area contributed by atoms with Crippen LogP contribution in [0.3, 0.4) is 0 Å². The molecule has 1 aliphatic heterocycles. The molecule has 0 spiro atoms. The molecule has 0 N–H and O–H groups in total. The number of pyridine rings is 2. The van der Waals surface area contributed by atoms with Crippen LogP contribution in [0.4, 0.5) is 0 Å². The molecule has 0 bridgehead atoms. The van der Waals surface area contributed by atoms with Gasteiger partial charge in [0, 0.05) is 31.2 Å². The van der Waals surface area contributed by atoms with Crippen LogP contribution in [-0.2, 0) is 6.54 Å². The van der Waals surface area contributed by atoms with Crippen LogP contribution in [0.2, 0.25) is 0 Å². The van der Waals surface area contributed by atoms with Gasteiger partial charge in [-0.2, -0.15) is 0 Å². The number of nitrogens with zero attached hydrogens (tertiary/aromatic N) is 3. The van der Waals surface area contributed by atoms with Gasteiger partial charge in [-0.05, 0) is 49.6 Å². The summed E-state index contributed by atoms with van der Waals surface area (Å²) < 4.78 is 0. The Morgan fingerprint density at radius 3 is 2.95 bits per heavy atom. The fraction of sp³-hybridized carbons (Fsp3) is 0.375. The van der Waals surface area contributed by atoms with Crippen molar-refractivity contribution in [2.24, 2.45) is 0 Å². The molecule has 0 amide bonds. The minimum absolute atomic E-state index is 0.497. The van der Waals surface area contributed by atoms with E-state index in [0.29, 0.717) is 6.04 Å². The highest BCUT2D eigenvalue weighted by Crippen LogP contribution is 2.32. The molecule has 2 aromatic heterocycles.